The van der Waals surface area contributed by atoms with Crippen LogP contribution in [0.3, 0.4) is 0 Å². The van der Waals surface area contributed by atoms with Crippen LogP contribution in [0.15, 0.2) is 24.3 Å². The lowest BCUT2D eigenvalue weighted by Crippen LogP contribution is -2.56. The first-order chi connectivity index (χ1) is 13.1. The summed E-state index contributed by atoms with van der Waals surface area (Å²) in [6.45, 7) is 4.32. The molecule has 6 heteroatoms. The highest BCUT2D eigenvalue weighted by atomic mass is 32.1. The van der Waals surface area contributed by atoms with E-state index in [2.05, 4.69) is 23.2 Å². The fourth-order valence-corrected chi connectivity index (χ4v) is 4.47. The third-order valence-electron chi connectivity index (χ3n) is 5.69. The van der Waals surface area contributed by atoms with E-state index in [1.165, 1.54) is 32.1 Å². The van der Waals surface area contributed by atoms with Gasteiger partial charge in [0.05, 0.1) is 11.6 Å². The minimum Gasteiger partial charge on any atom is -0.343 e. The molecule has 27 heavy (non-hydrogen) atoms. The van der Waals surface area contributed by atoms with Crippen LogP contribution in [-0.4, -0.2) is 46.5 Å². The zero-order valence-electron chi connectivity index (χ0n) is 16.0. The molecule has 1 aliphatic carbocycles. The van der Waals surface area contributed by atoms with E-state index < -0.39 is 0 Å². The Morgan fingerprint density at radius 3 is 2.56 bits per heavy atom. The molecule has 3 rings (SSSR count). The van der Waals surface area contributed by atoms with Gasteiger partial charge in [-0.25, -0.2) is 0 Å². The quantitative estimate of drug-likeness (QED) is 0.804. The number of hydrogen-bond acceptors (Lipinski definition) is 3. The van der Waals surface area contributed by atoms with Crippen molar-refractivity contribution in [2.45, 2.75) is 51.5 Å². The van der Waals surface area contributed by atoms with E-state index in [4.69, 9.17) is 17.5 Å². The molecule has 0 radical (unpaired) electrons. The Hall–Kier alpha value is -2.13. The summed E-state index contributed by atoms with van der Waals surface area (Å²) in [6.07, 6.45) is 7.00. The van der Waals surface area contributed by atoms with Crippen molar-refractivity contribution >= 4 is 28.9 Å². The molecule has 1 aromatic rings. The first-order valence-corrected chi connectivity index (χ1v) is 10.3. The predicted molar refractivity (Wildman–Crippen MR) is 111 cm³/mol. The monoisotopic (exact) mass is 384 g/mol. The third-order valence-corrected chi connectivity index (χ3v) is 6.03. The summed E-state index contributed by atoms with van der Waals surface area (Å²) in [7, 11) is 0. The number of thiocarbonyl (C=S) groups is 1. The number of carbonyl (C=O) groups excluding carboxylic acids is 1. The molecular weight excluding hydrogens is 356 g/mol. The van der Waals surface area contributed by atoms with Gasteiger partial charge in [0.2, 0.25) is 5.91 Å². The van der Waals surface area contributed by atoms with Gasteiger partial charge in [-0.15, -0.1) is 0 Å². The van der Waals surface area contributed by atoms with Crippen LogP contribution >= 0.6 is 12.2 Å². The highest BCUT2D eigenvalue weighted by Crippen LogP contribution is 2.27. The number of nitrogens with one attached hydrogen (secondary N) is 1. The highest BCUT2D eigenvalue weighted by molar-refractivity contribution is 7.80. The summed E-state index contributed by atoms with van der Waals surface area (Å²) in [6, 6.07) is 9.57. The van der Waals surface area contributed by atoms with Crippen LogP contribution < -0.4 is 5.32 Å². The van der Waals surface area contributed by atoms with Crippen molar-refractivity contribution in [3.8, 4) is 6.07 Å². The molecule has 1 atom stereocenters. The van der Waals surface area contributed by atoms with Crippen molar-refractivity contribution in [1.29, 1.82) is 5.26 Å². The summed E-state index contributed by atoms with van der Waals surface area (Å²) < 4.78 is 0. The van der Waals surface area contributed by atoms with Crippen molar-refractivity contribution in [2.75, 3.05) is 25.0 Å². The van der Waals surface area contributed by atoms with Gasteiger partial charge in [0.25, 0.3) is 0 Å². The topological polar surface area (TPSA) is 59.4 Å². The van der Waals surface area contributed by atoms with Crippen LogP contribution in [0.4, 0.5) is 5.69 Å². The molecule has 5 nitrogen and oxygen atoms in total. The van der Waals surface area contributed by atoms with Gasteiger partial charge in [-0.2, -0.15) is 5.26 Å². The second-order valence-corrected chi connectivity index (χ2v) is 8.10. The van der Waals surface area contributed by atoms with Crippen LogP contribution in [0, 0.1) is 17.2 Å². The van der Waals surface area contributed by atoms with Crippen LogP contribution in [0.5, 0.6) is 0 Å². The van der Waals surface area contributed by atoms with Gasteiger partial charge in [0, 0.05) is 37.8 Å². The number of nitriles is 1. The molecule has 2 fully saturated rings. The van der Waals surface area contributed by atoms with Gasteiger partial charge in [0.15, 0.2) is 5.11 Å². The number of rotatable bonds is 3. The normalized spacial score (nSPS) is 20.8. The average molecular weight is 385 g/mol. The molecule has 1 saturated carbocycles. The zero-order chi connectivity index (χ0) is 19.2. The Kier molecular flexibility index (Phi) is 6.68. The number of nitrogens with zero attached hydrogens (tertiary/aromatic N) is 3. The summed E-state index contributed by atoms with van der Waals surface area (Å²) in [4.78, 5) is 16.8. The van der Waals surface area contributed by atoms with Crippen molar-refractivity contribution in [3.05, 3.63) is 29.8 Å². The maximum atomic E-state index is 12.7. The Balaban J connectivity index is 1.50. The molecule has 1 unspecified atom stereocenters. The summed E-state index contributed by atoms with van der Waals surface area (Å²) in [5.41, 5.74) is 1.51. The smallest absolute Gasteiger partial charge is 0.222 e. The van der Waals surface area contributed by atoms with Crippen molar-refractivity contribution in [1.82, 2.24) is 9.80 Å². The summed E-state index contributed by atoms with van der Waals surface area (Å²) >= 11 is 5.58. The molecule has 1 aliphatic heterocycles. The van der Waals surface area contributed by atoms with Crippen molar-refractivity contribution in [3.63, 3.8) is 0 Å². The second kappa shape index (κ2) is 9.18. The first kappa shape index (κ1) is 19.6. The molecule has 0 spiro atoms. The van der Waals surface area contributed by atoms with Crippen molar-refractivity contribution < 1.29 is 4.79 Å². The number of hydrogen-bond donors (Lipinski definition) is 1. The number of anilines is 1. The van der Waals surface area contributed by atoms with Gasteiger partial charge < -0.3 is 15.1 Å². The fourth-order valence-electron chi connectivity index (χ4n) is 4.08. The molecular formula is C21H28N4OS. The lowest BCUT2D eigenvalue weighted by molar-refractivity contribution is -0.134. The molecule has 1 aromatic carbocycles. The first-order valence-electron chi connectivity index (χ1n) is 9.92. The second-order valence-electron chi connectivity index (χ2n) is 7.71. The lowest BCUT2D eigenvalue weighted by atomic mass is 9.86. The van der Waals surface area contributed by atoms with E-state index in [9.17, 15) is 4.79 Å². The molecule has 1 saturated heterocycles. The lowest BCUT2D eigenvalue weighted by Gasteiger charge is -2.41. The standard InChI is InChI=1S/C21H28N4OS/c1-16-15-24(20(26)13-17-5-3-2-4-6-17)11-12-25(16)21(27)23-19-9-7-18(14-22)8-10-19/h7-10,16-17H,2-6,11-13,15H2,1H3,(H,23,27). The van der Waals surface area contributed by atoms with E-state index in [-0.39, 0.29) is 6.04 Å². The molecule has 1 amide bonds. The largest absolute Gasteiger partial charge is 0.343 e. The molecule has 1 N–H and O–H groups in total. The SMILES string of the molecule is CC1CN(C(=O)CC2CCCCC2)CCN1C(=S)Nc1ccc(C#N)cc1. The molecule has 1 heterocycles. The van der Waals surface area contributed by atoms with Crippen LogP contribution in [0.25, 0.3) is 0 Å². The minimum atomic E-state index is 0.187. The number of carbonyl (C=O) groups is 1. The highest BCUT2D eigenvalue weighted by Gasteiger charge is 2.29. The third kappa shape index (κ3) is 5.20. The Labute approximate surface area is 167 Å². The molecule has 2 aliphatic rings. The Morgan fingerprint density at radius 1 is 1.22 bits per heavy atom. The zero-order valence-corrected chi connectivity index (χ0v) is 16.8. The maximum absolute atomic E-state index is 12.7. The molecule has 0 bridgehead atoms. The predicted octanol–water partition coefficient (Wildman–Crippen LogP) is 3.76. The average Bonchev–Trinajstić information content (AvgIpc) is 2.69. The van der Waals surface area contributed by atoms with Gasteiger partial charge in [-0.05, 0) is 62.2 Å². The van der Waals surface area contributed by atoms with E-state index >= 15 is 0 Å². The van der Waals surface area contributed by atoms with Crippen LogP contribution in [-0.2, 0) is 4.79 Å². The number of piperazine rings is 1. The van der Waals surface area contributed by atoms with Crippen LogP contribution in [0.2, 0.25) is 0 Å². The van der Waals surface area contributed by atoms with E-state index in [1.807, 2.05) is 17.0 Å². The number of amides is 1. The Morgan fingerprint density at radius 2 is 1.93 bits per heavy atom. The fraction of sp³-hybridized carbons (Fsp3) is 0.571. The molecule has 144 valence electrons. The van der Waals surface area contributed by atoms with Gasteiger partial charge in [-0.1, -0.05) is 19.3 Å². The van der Waals surface area contributed by atoms with Crippen LogP contribution in [0.1, 0.15) is 51.0 Å². The summed E-state index contributed by atoms with van der Waals surface area (Å²) in [5, 5.41) is 12.8. The van der Waals surface area contributed by atoms with Gasteiger partial charge >= 0.3 is 0 Å². The van der Waals surface area contributed by atoms with E-state index in [0.717, 1.165) is 25.3 Å². The van der Waals surface area contributed by atoms with E-state index in [0.29, 0.717) is 28.9 Å². The van der Waals surface area contributed by atoms with E-state index in [1.54, 1.807) is 12.1 Å². The minimum absolute atomic E-state index is 0.187. The number of benzene rings is 1. The Bertz CT molecular complexity index is 706. The van der Waals surface area contributed by atoms with Gasteiger partial charge in [-0.3, -0.25) is 4.79 Å². The maximum Gasteiger partial charge on any atom is 0.222 e. The van der Waals surface area contributed by atoms with Gasteiger partial charge in [0.1, 0.15) is 0 Å². The van der Waals surface area contributed by atoms with Crippen molar-refractivity contribution in [2.24, 2.45) is 5.92 Å². The summed E-state index contributed by atoms with van der Waals surface area (Å²) in [5.74, 6) is 0.887. The molecule has 0 aromatic heterocycles.